The summed E-state index contributed by atoms with van der Waals surface area (Å²) in [4.78, 5) is 4.49. The van der Waals surface area contributed by atoms with Gasteiger partial charge in [-0.3, -0.25) is 9.56 Å². The predicted molar refractivity (Wildman–Crippen MR) is 86.3 cm³/mol. The van der Waals surface area contributed by atoms with E-state index in [1.54, 1.807) is 0 Å². The Morgan fingerprint density at radius 1 is 1.00 bits per heavy atom. The van der Waals surface area contributed by atoms with Crippen molar-refractivity contribution in [1.29, 1.82) is 0 Å². The van der Waals surface area contributed by atoms with Gasteiger partial charge in [0, 0.05) is 0 Å². The predicted octanol–water partition coefficient (Wildman–Crippen LogP) is 4.29. The van der Waals surface area contributed by atoms with Gasteiger partial charge in [0.05, 0.1) is 23.6 Å². The molecule has 0 unspecified atom stereocenters. The minimum Gasteiger partial charge on any atom is -0.306 e. The molecular weight excluding hydrogens is 285 g/mol. The fraction of sp³-hybridized carbons (Fsp3) is 0.562. The largest absolute Gasteiger partial charge is 0.336 e. The molecule has 0 bridgehead atoms. The molecule has 0 saturated heterocycles. The zero-order chi connectivity index (χ0) is 15.6. The zero-order valence-corrected chi connectivity index (χ0v) is 14.2. The van der Waals surface area contributed by atoms with Crippen molar-refractivity contribution in [1.82, 2.24) is 0 Å². The molecule has 5 heteroatoms. The Balaban J connectivity index is 2.11. The topological polar surface area (TPSA) is 47.9 Å². The van der Waals surface area contributed by atoms with Crippen LogP contribution in [0.5, 0.6) is 0 Å². The smallest absolute Gasteiger partial charge is 0.306 e. The lowest BCUT2D eigenvalue weighted by Gasteiger charge is -2.27. The maximum absolute atomic E-state index is 13.1. The van der Waals surface area contributed by atoms with E-state index in [0.29, 0.717) is 0 Å². The van der Waals surface area contributed by atoms with Crippen LogP contribution < -0.4 is 0 Å². The number of rotatable bonds is 7. The molecule has 0 fully saturated rings. The van der Waals surface area contributed by atoms with Crippen LogP contribution in [0.25, 0.3) is 0 Å². The summed E-state index contributed by atoms with van der Waals surface area (Å²) in [5.41, 5.74) is 1.80. The molecule has 4 nitrogen and oxygen atoms in total. The van der Waals surface area contributed by atoms with Gasteiger partial charge in [0.2, 0.25) is 0 Å². The zero-order valence-electron chi connectivity index (χ0n) is 13.3. The Labute approximate surface area is 127 Å². The Morgan fingerprint density at radius 2 is 1.52 bits per heavy atom. The lowest BCUT2D eigenvalue weighted by molar-refractivity contribution is 0.137. The van der Waals surface area contributed by atoms with Crippen LogP contribution in [0, 0.1) is 0 Å². The molecule has 1 aromatic rings. The molecule has 0 aromatic heterocycles. The van der Waals surface area contributed by atoms with Gasteiger partial charge in [-0.05, 0) is 40.2 Å². The van der Waals surface area contributed by atoms with Crippen LogP contribution >= 0.6 is 7.60 Å². The fourth-order valence-electron chi connectivity index (χ4n) is 2.28. The lowest BCUT2D eigenvalue weighted by atomic mass is 10.1. The first-order chi connectivity index (χ1) is 9.83. The lowest BCUT2D eigenvalue weighted by Crippen LogP contribution is -2.23. The van der Waals surface area contributed by atoms with Gasteiger partial charge >= 0.3 is 7.60 Å². The van der Waals surface area contributed by atoms with Crippen molar-refractivity contribution < 1.29 is 13.6 Å². The van der Waals surface area contributed by atoms with Gasteiger partial charge in [-0.2, -0.15) is 0 Å². The van der Waals surface area contributed by atoms with Gasteiger partial charge in [-0.1, -0.05) is 30.3 Å². The molecular formula is C16H24NO3P. The summed E-state index contributed by atoms with van der Waals surface area (Å²) in [5, 5.41) is 0. The van der Waals surface area contributed by atoms with Crippen molar-refractivity contribution in [3.05, 3.63) is 35.9 Å². The summed E-state index contributed by atoms with van der Waals surface area (Å²) in [6.45, 7) is 9.38. The van der Waals surface area contributed by atoms with Gasteiger partial charge in [0.15, 0.2) is 0 Å². The fourth-order valence-corrected chi connectivity index (χ4v) is 4.44. The highest BCUT2D eigenvalue weighted by molar-refractivity contribution is 7.54. The average Bonchev–Trinajstić information content (AvgIpc) is 3.17. The van der Waals surface area contributed by atoms with Crippen LogP contribution in [-0.4, -0.2) is 29.6 Å². The standard InChI is InChI=1S/C16H24NO3P/c1-11(2)19-21(18,20-12(3)4)13(5)15-16(17-15)14-9-7-6-8-10-14/h6-13,15H,1-5H3/t13-,15-/m0/s1. The van der Waals surface area contributed by atoms with Crippen LogP contribution in [0.1, 0.15) is 40.2 Å². The molecule has 1 heterocycles. The van der Waals surface area contributed by atoms with Crippen molar-refractivity contribution in [3.63, 3.8) is 0 Å². The van der Waals surface area contributed by atoms with Crippen LogP contribution in [0.4, 0.5) is 0 Å². The Kier molecular flexibility index (Phi) is 5.03. The molecule has 21 heavy (non-hydrogen) atoms. The van der Waals surface area contributed by atoms with Crippen molar-refractivity contribution >= 4 is 13.3 Å². The van der Waals surface area contributed by atoms with E-state index >= 15 is 0 Å². The van der Waals surface area contributed by atoms with Crippen LogP contribution in [0.3, 0.4) is 0 Å². The summed E-state index contributed by atoms with van der Waals surface area (Å²) >= 11 is 0. The molecule has 0 spiro atoms. The number of hydrogen-bond acceptors (Lipinski definition) is 4. The normalized spacial score (nSPS) is 19.8. The number of nitrogens with zero attached hydrogens (tertiary/aromatic N) is 1. The third-order valence-corrected chi connectivity index (χ3v) is 5.94. The van der Waals surface area contributed by atoms with Gasteiger partial charge in [-0.15, -0.1) is 0 Å². The second-order valence-corrected chi connectivity index (χ2v) is 8.23. The van der Waals surface area contributed by atoms with Gasteiger partial charge in [0.25, 0.3) is 0 Å². The van der Waals surface area contributed by atoms with Crippen molar-refractivity contribution in [2.75, 3.05) is 0 Å². The summed E-state index contributed by atoms with van der Waals surface area (Å²) in [6, 6.07) is 9.89. The molecule has 1 aliphatic rings. The van der Waals surface area contributed by atoms with E-state index < -0.39 is 7.60 Å². The SMILES string of the molecule is CC(C)OP(=O)(OC(C)C)[C@@H](C)[C@@H]1N=C1c1ccccc1. The minimum absolute atomic E-state index is 0.0734. The van der Waals surface area contributed by atoms with Crippen molar-refractivity contribution in [2.24, 2.45) is 4.99 Å². The first-order valence-corrected chi connectivity index (χ1v) is 9.04. The first-order valence-electron chi connectivity index (χ1n) is 7.43. The molecule has 0 saturated carbocycles. The molecule has 0 radical (unpaired) electrons. The van der Waals surface area contributed by atoms with Gasteiger partial charge in [0.1, 0.15) is 6.04 Å². The molecule has 0 amide bonds. The van der Waals surface area contributed by atoms with E-state index in [1.807, 2.05) is 65.0 Å². The van der Waals surface area contributed by atoms with Gasteiger partial charge in [-0.25, -0.2) is 0 Å². The summed E-state index contributed by atoms with van der Waals surface area (Å²) in [5.74, 6) is 0. The average molecular weight is 309 g/mol. The molecule has 1 aromatic carbocycles. The number of benzene rings is 1. The maximum Gasteiger partial charge on any atom is 0.336 e. The minimum atomic E-state index is -3.19. The van der Waals surface area contributed by atoms with E-state index in [1.165, 1.54) is 0 Å². The second-order valence-electron chi connectivity index (χ2n) is 5.91. The van der Waals surface area contributed by atoms with E-state index in [2.05, 4.69) is 4.99 Å². The highest BCUT2D eigenvalue weighted by Gasteiger charge is 2.47. The highest BCUT2D eigenvalue weighted by atomic mass is 31.2. The number of hydrogen-bond donors (Lipinski definition) is 0. The van der Waals surface area contributed by atoms with Gasteiger partial charge < -0.3 is 9.05 Å². The summed E-state index contributed by atoms with van der Waals surface area (Å²) < 4.78 is 24.4. The number of aliphatic imine (C=N–C) groups is 1. The second kappa shape index (κ2) is 6.43. The highest BCUT2D eigenvalue weighted by Crippen LogP contribution is 2.58. The Hall–Kier alpha value is -0.960. The third-order valence-electron chi connectivity index (χ3n) is 3.23. The summed E-state index contributed by atoms with van der Waals surface area (Å²) in [6.07, 6.45) is -0.285. The molecule has 0 N–H and O–H groups in total. The molecule has 0 aliphatic carbocycles. The molecule has 2 rings (SSSR count). The van der Waals surface area contributed by atoms with Crippen LogP contribution in [0.2, 0.25) is 0 Å². The van der Waals surface area contributed by atoms with E-state index in [9.17, 15) is 4.57 Å². The van der Waals surface area contributed by atoms with E-state index in [0.717, 1.165) is 11.3 Å². The molecule has 2 atom stereocenters. The maximum atomic E-state index is 13.1. The van der Waals surface area contributed by atoms with Crippen LogP contribution in [0.15, 0.2) is 35.3 Å². The Morgan fingerprint density at radius 3 is 2.00 bits per heavy atom. The first kappa shape index (κ1) is 16.4. The Bertz CT molecular complexity index is 540. The summed E-state index contributed by atoms with van der Waals surface area (Å²) in [7, 11) is -3.19. The van der Waals surface area contributed by atoms with Crippen LogP contribution in [-0.2, 0) is 13.6 Å². The molecule has 1 aliphatic heterocycles. The van der Waals surface area contributed by atoms with Crippen molar-refractivity contribution in [2.45, 2.75) is 58.5 Å². The van der Waals surface area contributed by atoms with E-state index in [-0.39, 0.29) is 23.9 Å². The third kappa shape index (κ3) is 4.03. The van der Waals surface area contributed by atoms with E-state index in [4.69, 9.17) is 9.05 Å². The molecule has 116 valence electrons. The quantitative estimate of drug-likeness (QED) is 0.706. The van der Waals surface area contributed by atoms with Crippen molar-refractivity contribution in [3.8, 4) is 0 Å². The monoisotopic (exact) mass is 309 g/mol.